The van der Waals surface area contributed by atoms with Gasteiger partial charge >= 0.3 is 0 Å². The van der Waals surface area contributed by atoms with Crippen LogP contribution in [0.4, 0.5) is 15.8 Å². The summed E-state index contributed by atoms with van der Waals surface area (Å²) in [4.78, 5) is -0.0629. The highest BCUT2D eigenvalue weighted by atomic mass is 79.9. The Balaban J connectivity index is 2.58. The summed E-state index contributed by atoms with van der Waals surface area (Å²) in [6.45, 7) is 1.97. The van der Waals surface area contributed by atoms with Gasteiger partial charge < -0.3 is 5.73 Å². The van der Waals surface area contributed by atoms with E-state index in [9.17, 15) is 12.8 Å². The van der Waals surface area contributed by atoms with Crippen molar-refractivity contribution >= 4 is 37.3 Å². The molecule has 0 radical (unpaired) electrons. The molecule has 21 heavy (non-hydrogen) atoms. The molecule has 0 aliphatic rings. The predicted octanol–water partition coefficient (Wildman–Crippen LogP) is 3.39. The molecule has 0 aliphatic carbocycles. The van der Waals surface area contributed by atoms with Crippen molar-refractivity contribution in [2.45, 2.75) is 11.8 Å². The van der Waals surface area contributed by atoms with E-state index in [4.69, 9.17) is 5.73 Å². The number of benzene rings is 2. The summed E-state index contributed by atoms with van der Waals surface area (Å²) in [7, 11) is -3.83. The highest BCUT2D eigenvalue weighted by Crippen LogP contribution is 2.31. The molecule has 4 nitrogen and oxygen atoms in total. The van der Waals surface area contributed by atoms with Crippen LogP contribution in [0.3, 0.4) is 0 Å². The molecule has 7 heteroatoms. The van der Waals surface area contributed by atoms with E-state index in [0.717, 1.165) is 12.1 Å². The van der Waals surface area contributed by atoms with Crippen LogP contribution in [-0.2, 0) is 10.0 Å². The molecular weight excluding hydrogens is 359 g/mol. The Labute approximate surface area is 131 Å². The molecule has 0 saturated heterocycles. The minimum atomic E-state index is -3.83. The third-order valence-electron chi connectivity index (χ3n) is 2.95. The number of hydrogen-bond acceptors (Lipinski definition) is 3. The number of rotatable bonds is 4. The van der Waals surface area contributed by atoms with Crippen molar-refractivity contribution in [3.8, 4) is 0 Å². The number of nitrogens with zero attached hydrogens (tertiary/aromatic N) is 1. The second-order valence-electron chi connectivity index (χ2n) is 4.31. The second-order valence-corrected chi connectivity index (χ2v) is 6.99. The van der Waals surface area contributed by atoms with Crippen LogP contribution < -0.4 is 10.0 Å². The zero-order chi connectivity index (χ0) is 15.6. The molecule has 0 fully saturated rings. The van der Waals surface area contributed by atoms with Crippen molar-refractivity contribution < 1.29 is 12.8 Å². The van der Waals surface area contributed by atoms with E-state index in [1.54, 1.807) is 37.3 Å². The molecule has 0 atom stereocenters. The minimum absolute atomic E-state index is 0.0629. The molecular formula is C14H14BrFN2O2S. The summed E-state index contributed by atoms with van der Waals surface area (Å²) in [6, 6.07) is 10.9. The van der Waals surface area contributed by atoms with E-state index >= 15 is 0 Å². The van der Waals surface area contributed by atoms with Crippen molar-refractivity contribution in [1.29, 1.82) is 0 Å². The number of para-hydroxylation sites is 1. The van der Waals surface area contributed by atoms with E-state index in [-0.39, 0.29) is 21.6 Å². The van der Waals surface area contributed by atoms with E-state index in [1.165, 1.54) is 4.31 Å². The predicted molar refractivity (Wildman–Crippen MR) is 85.2 cm³/mol. The Hall–Kier alpha value is -1.60. The summed E-state index contributed by atoms with van der Waals surface area (Å²) >= 11 is 3.09. The first-order valence-corrected chi connectivity index (χ1v) is 8.43. The molecule has 0 unspecified atom stereocenters. The first-order chi connectivity index (χ1) is 9.87. The van der Waals surface area contributed by atoms with Gasteiger partial charge in [-0.2, -0.15) is 0 Å². The topological polar surface area (TPSA) is 63.4 Å². The van der Waals surface area contributed by atoms with Crippen LogP contribution in [0.2, 0.25) is 0 Å². The highest BCUT2D eigenvalue weighted by Gasteiger charge is 2.26. The van der Waals surface area contributed by atoms with Gasteiger partial charge in [-0.3, -0.25) is 4.31 Å². The van der Waals surface area contributed by atoms with Crippen LogP contribution in [0.5, 0.6) is 0 Å². The fourth-order valence-electron chi connectivity index (χ4n) is 1.95. The zero-order valence-corrected chi connectivity index (χ0v) is 13.7. The van der Waals surface area contributed by atoms with Crippen molar-refractivity contribution in [2.24, 2.45) is 0 Å². The van der Waals surface area contributed by atoms with Gasteiger partial charge in [0.15, 0.2) is 0 Å². The number of hydrogen-bond donors (Lipinski definition) is 1. The molecule has 0 aromatic heterocycles. The van der Waals surface area contributed by atoms with E-state index in [1.807, 2.05) is 0 Å². The first kappa shape index (κ1) is 15.8. The lowest BCUT2D eigenvalue weighted by Crippen LogP contribution is -2.31. The normalized spacial score (nSPS) is 11.4. The van der Waals surface area contributed by atoms with Gasteiger partial charge in [-0.15, -0.1) is 0 Å². The van der Waals surface area contributed by atoms with E-state index in [0.29, 0.717) is 5.69 Å². The molecule has 0 bridgehead atoms. The summed E-state index contributed by atoms with van der Waals surface area (Å²) in [6.07, 6.45) is 0. The molecule has 2 N–H and O–H groups in total. The first-order valence-electron chi connectivity index (χ1n) is 6.20. The van der Waals surface area contributed by atoms with Crippen molar-refractivity contribution in [2.75, 3.05) is 16.6 Å². The molecule has 2 aromatic carbocycles. The van der Waals surface area contributed by atoms with Gasteiger partial charge in [0.1, 0.15) is 10.7 Å². The number of halogens is 2. The summed E-state index contributed by atoms with van der Waals surface area (Å²) < 4.78 is 40.3. The second kappa shape index (κ2) is 6.03. The van der Waals surface area contributed by atoms with Crippen LogP contribution in [-0.4, -0.2) is 15.0 Å². The monoisotopic (exact) mass is 372 g/mol. The molecule has 0 aliphatic heterocycles. The van der Waals surface area contributed by atoms with Gasteiger partial charge in [-0.05, 0) is 47.1 Å². The maximum absolute atomic E-state index is 13.4. The van der Waals surface area contributed by atoms with Gasteiger partial charge in [-0.25, -0.2) is 12.8 Å². The highest BCUT2D eigenvalue weighted by molar-refractivity contribution is 9.10. The molecule has 2 aromatic rings. The number of nitrogen functional groups attached to an aromatic ring is 1. The summed E-state index contributed by atoms with van der Waals surface area (Å²) in [5, 5.41) is 0. The zero-order valence-electron chi connectivity index (χ0n) is 11.3. The fourth-order valence-corrected chi connectivity index (χ4v) is 4.43. The number of anilines is 2. The standard InChI is InChI=1S/C14H14BrFN2O2S/c1-2-18(10-6-4-3-5-7-10)21(19,20)14-9-13(17)12(16)8-11(14)15/h3-9H,2,17H2,1H3. The maximum Gasteiger partial charge on any atom is 0.265 e. The Morgan fingerprint density at radius 3 is 2.43 bits per heavy atom. The van der Waals surface area contributed by atoms with Crippen LogP contribution in [0, 0.1) is 5.82 Å². The lowest BCUT2D eigenvalue weighted by atomic mass is 10.3. The van der Waals surface area contributed by atoms with Gasteiger partial charge in [-0.1, -0.05) is 18.2 Å². The lowest BCUT2D eigenvalue weighted by molar-refractivity contribution is 0.590. The molecule has 2 rings (SSSR count). The third-order valence-corrected chi connectivity index (χ3v) is 5.81. The SMILES string of the molecule is CCN(c1ccccc1)S(=O)(=O)c1cc(N)c(F)cc1Br. The Bertz CT molecular complexity index is 751. The quantitative estimate of drug-likeness (QED) is 0.836. The van der Waals surface area contributed by atoms with Crippen LogP contribution >= 0.6 is 15.9 Å². The Morgan fingerprint density at radius 2 is 1.86 bits per heavy atom. The number of nitrogens with two attached hydrogens (primary N) is 1. The summed E-state index contributed by atoms with van der Waals surface area (Å²) in [5.41, 5.74) is 5.82. The van der Waals surface area contributed by atoms with Crippen molar-refractivity contribution in [3.05, 3.63) is 52.8 Å². The van der Waals surface area contributed by atoms with Crippen molar-refractivity contribution in [1.82, 2.24) is 0 Å². The third kappa shape index (κ3) is 3.03. The average molecular weight is 373 g/mol. The van der Waals surface area contributed by atoms with Crippen molar-refractivity contribution in [3.63, 3.8) is 0 Å². The molecule has 0 amide bonds. The largest absolute Gasteiger partial charge is 0.396 e. The minimum Gasteiger partial charge on any atom is -0.396 e. The molecule has 112 valence electrons. The Morgan fingerprint density at radius 1 is 1.24 bits per heavy atom. The maximum atomic E-state index is 13.4. The molecule has 0 spiro atoms. The van der Waals surface area contributed by atoms with E-state index < -0.39 is 15.8 Å². The van der Waals surface area contributed by atoms with Crippen LogP contribution in [0.1, 0.15) is 6.92 Å². The van der Waals surface area contributed by atoms with Crippen LogP contribution in [0.25, 0.3) is 0 Å². The van der Waals surface area contributed by atoms with Gasteiger partial charge in [0, 0.05) is 11.0 Å². The molecule has 0 heterocycles. The number of sulfonamides is 1. The Kier molecular flexibility index (Phi) is 4.53. The van der Waals surface area contributed by atoms with Gasteiger partial charge in [0.2, 0.25) is 0 Å². The lowest BCUT2D eigenvalue weighted by Gasteiger charge is -2.23. The molecule has 0 saturated carbocycles. The summed E-state index contributed by atoms with van der Waals surface area (Å²) in [5.74, 6) is -0.663. The smallest absolute Gasteiger partial charge is 0.265 e. The van der Waals surface area contributed by atoms with Gasteiger partial charge in [0.25, 0.3) is 10.0 Å². The van der Waals surface area contributed by atoms with Crippen LogP contribution in [0.15, 0.2) is 51.8 Å². The fraction of sp³-hybridized carbons (Fsp3) is 0.143. The van der Waals surface area contributed by atoms with Gasteiger partial charge in [0.05, 0.1) is 11.4 Å². The average Bonchev–Trinajstić information content (AvgIpc) is 2.44. The van der Waals surface area contributed by atoms with E-state index in [2.05, 4.69) is 15.9 Å².